The van der Waals surface area contributed by atoms with Crippen molar-refractivity contribution in [3.8, 4) is 5.75 Å². The van der Waals surface area contributed by atoms with Gasteiger partial charge in [-0.1, -0.05) is 30.3 Å². The summed E-state index contributed by atoms with van der Waals surface area (Å²) in [5, 5.41) is 0. The molecule has 2 aliphatic rings. The van der Waals surface area contributed by atoms with E-state index in [1.807, 2.05) is 0 Å². The fourth-order valence-corrected chi connectivity index (χ4v) is 5.05. The van der Waals surface area contributed by atoms with Crippen LogP contribution in [-0.4, -0.2) is 32.1 Å². The average molecular weight is 453 g/mol. The fraction of sp³-hybridized carbons (Fsp3) is 0.400. The number of benzene rings is 2. The number of nitrogens with zero attached hydrogens (tertiary/aromatic N) is 1. The molecule has 0 spiro atoms. The average Bonchev–Trinajstić information content (AvgIpc) is 2.92. The molecule has 0 N–H and O–H groups in total. The fourth-order valence-electron chi connectivity index (χ4n) is 4.36. The Balaban J connectivity index is 0.00000169. The van der Waals surface area contributed by atoms with Gasteiger partial charge in [0.1, 0.15) is 5.75 Å². The van der Waals surface area contributed by atoms with E-state index in [1.165, 1.54) is 23.1 Å². The smallest absolute Gasteiger partial charge is 0.133 e. The quantitative estimate of drug-likeness (QED) is 0.625. The highest BCUT2D eigenvalue weighted by Crippen LogP contribution is 2.48. The second-order valence-corrected chi connectivity index (χ2v) is 7.59. The number of hydrogen-bond acceptors (Lipinski definition) is 2. The molecule has 128 valence electrons. The lowest BCUT2D eigenvalue weighted by molar-refractivity contribution is 0.312. The lowest BCUT2D eigenvalue weighted by Crippen LogP contribution is -2.25. The number of hydrogen-bond donors (Lipinski definition) is 0. The Kier molecular flexibility index (Phi) is 5.38. The third-order valence-electron chi connectivity index (χ3n) is 5.38. The molecule has 2 atom stereocenters. The second-order valence-electron chi connectivity index (χ2n) is 6.79. The van der Waals surface area contributed by atoms with Crippen molar-refractivity contribution in [2.45, 2.75) is 24.7 Å². The Bertz CT molecular complexity index is 732. The lowest BCUT2D eigenvalue weighted by atomic mass is 9.85. The first-order chi connectivity index (χ1) is 11.2. The van der Waals surface area contributed by atoms with Gasteiger partial charge in [-0.25, -0.2) is 0 Å². The van der Waals surface area contributed by atoms with Crippen LogP contribution in [0, 0.1) is 0 Å². The largest absolute Gasteiger partial charge is 0.496 e. The van der Waals surface area contributed by atoms with Gasteiger partial charge < -0.3 is 9.64 Å². The Morgan fingerprint density at radius 2 is 1.92 bits per heavy atom. The van der Waals surface area contributed by atoms with Crippen LogP contribution in [-0.2, 0) is 6.42 Å². The first-order valence-electron chi connectivity index (χ1n) is 8.31. The van der Waals surface area contributed by atoms with Gasteiger partial charge in [0.2, 0.25) is 0 Å². The second kappa shape index (κ2) is 7.19. The highest BCUT2D eigenvalue weighted by atomic mass is 79.9. The summed E-state index contributed by atoms with van der Waals surface area (Å²) >= 11 is 3.79. The Labute approximate surface area is 163 Å². The molecule has 2 aromatic carbocycles. The van der Waals surface area contributed by atoms with Gasteiger partial charge in [-0.2, -0.15) is 0 Å². The molecule has 0 aromatic heterocycles. The van der Waals surface area contributed by atoms with Gasteiger partial charge in [0.25, 0.3) is 0 Å². The van der Waals surface area contributed by atoms with Crippen molar-refractivity contribution in [2.75, 3.05) is 27.2 Å². The number of methoxy groups -OCH3 is 1. The maximum atomic E-state index is 5.66. The van der Waals surface area contributed by atoms with E-state index in [4.69, 9.17) is 4.74 Å². The molecule has 1 aliphatic carbocycles. The minimum absolute atomic E-state index is 0. The first kappa shape index (κ1) is 18.0. The van der Waals surface area contributed by atoms with Crippen LogP contribution >= 0.6 is 32.9 Å². The summed E-state index contributed by atoms with van der Waals surface area (Å²) in [5.41, 5.74) is 5.92. The topological polar surface area (TPSA) is 12.5 Å². The summed E-state index contributed by atoms with van der Waals surface area (Å²) in [6.45, 7) is 2.22. The molecule has 4 heteroatoms. The molecule has 0 radical (unpaired) electrons. The van der Waals surface area contributed by atoms with Crippen LogP contribution in [0.4, 0.5) is 0 Å². The Hall–Kier alpha value is -0.840. The predicted molar refractivity (Wildman–Crippen MR) is 108 cm³/mol. The zero-order chi connectivity index (χ0) is 16.0. The predicted octanol–water partition coefficient (Wildman–Crippen LogP) is 5.14. The van der Waals surface area contributed by atoms with Crippen molar-refractivity contribution in [2.24, 2.45) is 0 Å². The number of rotatable bonds is 2. The molecule has 4 rings (SSSR count). The van der Waals surface area contributed by atoms with E-state index in [9.17, 15) is 0 Å². The van der Waals surface area contributed by atoms with Crippen molar-refractivity contribution >= 4 is 32.9 Å². The number of likely N-dealkylation sites (N-methyl/N-ethyl adjacent to an activating group) is 1. The monoisotopic (exact) mass is 451 g/mol. The zero-order valence-corrected chi connectivity index (χ0v) is 17.4. The van der Waals surface area contributed by atoms with Crippen LogP contribution in [0.1, 0.15) is 40.5 Å². The number of halogens is 2. The standard InChI is InChI=1S/C20H22BrNO.BrH/c1-22-11-14-8-9-15-19(14)16(10-18(23-2)20(15)21)17(12-22)13-6-4-3-5-7-13;/h3-7,10,14,17H,8-9,11-12H2,1-2H3;1H/t14-,17-;/m1./s1. The molecule has 0 amide bonds. The van der Waals surface area contributed by atoms with Crippen LogP contribution in [0.2, 0.25) is 0 Å². The Morgan fingerprint density at radius 3 is 2.62 bits per heavy atom. The van der Waals surface area contributed by atoms with Crippen molar-refractivity contribution < 1.29 is 4.74 Å². The lowest BCUT2D eigenvalue weighted by Gasteiger charge is -2.23. The Morgan fingerprint density at radius 1 is 1.17 bits per heavy atom. The van der Waals surface area contributed by atoms with Crippen LogP contribution < -0.4 is 4.74 Å². The molecular formula is C20H23Br2NO. The molecule has 2 aromatic rings. The van der Waals surface area contributed by atoms with Gasteiger partial charge in [0, 0.05) is 19.0 Å². The van der Waals surface area contributed by atoms with E-state index in [2.05, 4.69) is 64.3 Å². The van der Waals surface area contributed by atoms with Gasteiger partial charge in [-0.15, -0.1) is 17.0 Å². The van der Waals surface area contributed by atoms with Crippen molar-refractivity contribution in [1.82, 2.24) is 4.90 Å². The van der Waals surface area contributed by atoms with Crippen LogP contribution in [0.3, 0.4) is 0 Å². The summed E-state index contributed by atoms with van der Waals surface area (Å²) < 4.78 is 6.83. The minimum atomic E-state index is 0. The van der Waals surface area contributed by atoms with Crippen molar-refractivity contribution in [3.05, 3.63) is 63.1 Å². The summed E-state index contributed by atoms with van der Waals surface area (Å²) in [6.07, 6.45) is 2.40. The molecular weight excluding hydrogens is 430 g/mol. The molecule has 2 nitrogen and oxygen atoms in total. The molecule has 1 heterocycles. The van der Waals surface area contributed by atoms with Gasteiger partial charge in [-0.3, -0.25) is 0 Å². The van der Waals surface area contributed by atoms with Crippen LogP contribution in [0.25, 0.3) is 0 Å². The van der Waals surface area contributed by atoms with Gasteiger partial charge in [0.15, 0.2) is 0 Å². The normalized spacial score (nSPS) is 22.5. The van der Waals surface area contributed by atoms with Crippen LogP contribution in [0.15, 0.2) is 40.9 Å². The summed E-state index contributed by atoms with van der Waals surface area (Å²) in [6, 6.07) is 13.2. The SMILES string of the molecule is Br.COc1cc2c3c(c1Br)CC[C@@H]3CN(C)C[C@@H]2c1ccccc1. The molecule has 1 aliphatic heterocycles. The highest BCUT2D eigenvalue weighted by Gasteiger charge is 2.35. The van der Waals surface area contributed by atoms with E-state index in [1.54, 1.807) is 12.7 Å². The molecule has 24 heavy (non-hydrogen) atoms. The maximum Gasteiger partial charge on any atom is 0.133 e. The van der Waals surface area contributed by atoms with E-state index >= 15 is 0 Å². The molecule has 0 unspecified atom stereocenters. The molecule has 0 bridgehead atoms. The van der Waals surface area contributed by atoms with E-state index in [0.717, 1.165) is 29.7 Å². The summed E-state index contributed by atoms with van der Waals surface area (Å²) in [7, 11) is 4.03. The molecule has 0 fully saturated rings. The summed E-state index contributed by atoms with van der Waals surface area (Å²) in [4.78, 5) is 2.50. The van der Waals surface area contributed by atoms with Gasteiger partial charge >= 0.3 is 0 Å². The maximum absolute atomic E-state index is 5.66. The van der Waals surface area contributed by atoms with E-state index < -0.39 is 0 Å². The van der Waals surface area contributed by atoms with Crippen LogP contribution in [0.5, 0.6) is 5.75 Å². The van der Waals surface area contributed by atoms with Crippen molar-refractivity contribution in [3.63, 3.8) is 0 Å². The van der Waals surface area contributed by atoms with Gasteiger partial charge in [0.05, 0.1) is 11.6 Å². The zero-order valence-electron chi connectivity index (χ0n) is 14.1. The number of ether oxygens (including phenoxy) is 1. The molecule has 0 saturated carbocycles. The highest BCUT2D eigenvalue weighted by molar-refractivity contribution is 9.10. The van der Waals surface area contributed by atoms with Gasteiger partial charge in [-0.05, 0) is 70.1 Å². The molecule has 0 saturated heterocycles. The van der Waals surface area contributed by atoms with Crippen molar-refractivity contribution in [1.29, 1.82) is 0 Å². The third kappa shape index (κ3) is 2.93. The third-order valence-corrected chi connectivity index (χ3v) is 6.25. The minimum Gasteiger partial charge on any atom is -0.496 e. The van der Waals surface area contributed by atoms with E-state index in [0.29, 0.717) is 11.8 Å². The first-order valence-corrected chi connectivity index (χ1v) is 9.11. The van der Waals surface area contributed by atoms with E-state index in [-0.39, 0.29) is 17.0 Å². The summed E-state index contributed by atoms with van der Waals surface area (Å²) in [5.74, 6) is 2.05.